The van der Waals surface area contributed by atoms with Crippen molar-refractivity contribution in [1.29, 1.82) is 0 Å². The number of nitrogens with one attached hydrogen (secondary N) is 1. The monoisotopic (exact) mass is 254 g/mol. The Morgan fingerprint density at radius 1 is 1.50 bits per heavy atom. The Morgan fingerprint density at radius 3 is 2.78 bits per heavy atom. The van der Waals surface area contributed by atoms with E-state index in [-0.39, 0.29) is 6.10 Å². The van der Waals surface area contributed by atoms with Crippen LogP contribution in [-0.4, -0.2) is 48.4 Å². The number of aliphatic hydroxyl groups excluding tert-OH is 1. The first-order chi connectivity index (χ1) is 8.60. The molecule has 0 fully saturated rings. The van der Waals surface area contributed by atoms with Gasteiger partial charge in [-0.05, 0) is 20.3 Å². The smallest absolute Gasteiger partial charge is 0.204 e. The summed E-state index contributed by atoms with van der Waals surface area (Å²) < 4.78 is 5.37. The highest BCUT2D eigenvalue weighted by Crippen LogP contribution is 2.31. The molecule has 6 nitrogen and oxygen atoms in total. The topological polar surface area (TPSA) is 70.5 Å². The maximum atomic E-state index is 9.31. The minimum absolute atomic E-state index is 0.325. The number of ether oxygens (including phenoxy) is 1. The number of hydrogen-bond donors (Lipinski definition) is 2. The molecule has 1 rings (SSSR count). The molecule has 0 aromatic carbocycles. The van der Waals surface area contributed by atoms with Crippen LogP contribution in [-0.2, 0) is 0 Å². The van der Waals surface area contributed by atoms with E-state index in [4.69, 9.17) is 4.74 Å². The van der Waals surface area contributed by atoms with E-state index in [1.165, 1.54) is 6.33 Å². The summed E-state index contributed by atoms with van der Waals surface area (Å²) in [5.74, 6) is 2.05. The summed E-state index contributed by atoms with van der Waals surface area (Å²) in [4.78, 5) is 10.3. The third-order valence-corrected chi connectivity index (χ3v) is 2.58. The molecule has 1 aromatic rings. The van der Waals surface area contributed by atoms with Crippen LogP contribution in [0.25, 0.3) is 0 Å². The first-order valence-electron chi connectivity index (χ1n) is 6.12. The van der Waals surface area contributed by atoms with Crippen LogP contribution in [0.1, 0.15) is 20.3 Å². The molecule has 1 aromatic heterocycles. The first kappa shape index (κ1) is 14.5. The molecule has 0 spiro atoms. The zero-order valence-corrected chi connectivity index (χ0v) is 11.5. The van der Waals surface area contributed by atoms with Gasteiger partial charge in [0.15, 0.2) is 11.6 Å². The van der Waals surface area contributed by atoms with Crippen LogP contribution in [0.2, 0.25) is 0 Å². The Kier molecular flexibility index (Phi) is 5.64. The summed E-state index contributed by atoms with van der Waals surface area (Å²) in [7, 11) is 3.52. The molecule has 2 N–H and O–H groups in total. The molecule has 0 aliphatic heterocycles. The van der Waals surface area contributed by atoms with E-state index in [9.17, 15) is 5.11 Å². The average Bonchev–Trinajstić information content (AvgIpc) is 2.36. The highest BCUT2D eigenvalue weighted by atomic mass is 16.5. The normalized spacial score (nSPS) is 12.1. The summed E-state index contributed by atoms with van der Waals surface area (Å²) in [5, 5.41) is 12.4. The minimum Gasteiger partial charge on any atom is -0.490 e. The number of methoxy groups -OCH3 is 1. The molecule has 18 heavy (non-hydrogen) atoms. The van der Waals surface area contributed by atoms with Crippen molar-refractivity contribution in [3.63, 3.8) is 0 Å². The third-order valence-electron chi connectivity index (χ3n) is 2.58. The van der Waals surface area contributed by atoms with Crippen molar-refractivity contribution < 1.29 is 9.84 Å². The zero-order valence-electron chi connectivity index (χ0n) is 11.5. The summed E-state index contributed by atoms with van der Waals surface area (Å²) in [6.07, 6.45) is 1.86. The van der Waals surface area contributed by atoms with Crippen molar-refractivity contribution in [2.45, 2.75) is 26.4 Å². The lowest BCUT2D eigenvalue weighted by atomic mass is 10.2. The van der Waals surface area contributed by atoms with E-state index in [1.54, 1.807) is 14.0 Å². The maximum absolute atomic E-state index is 9.31. The van der Waals surface area contributed by atoms with Crippen molar-refractivity contribution in [3.8, 4) is 5.75 Å². The van der Waals surface area contributed by atoms with Gasteiger partial charge in [-0.25, -0.2) is 9.97 Å². The van der Waals surface area contributed by atoms with E-state index >= 15 is 0 Å². The second kappa shape index (κ2) is 7.00. The standard InChI is InChI=1S/C12H22N4O2/c1-5-13-11-10(18-4)12(15-8-14-11)16(3)7-6-9(2)17/h8-9,17H,5-7H2,1-4H3,(H,13,14,15). The number of aromatic nitrogens is 2. The number of rotatable bonds is 7. The fourth-order valence-electron chi connectivity index (χ4n) is 1.60. The Bertz CT molecular complexity index is 371. The number of hydrogen-bond acceptors (Lipinski definition) is 6. The van der Waals surface area contributed by atoms with Crippen LogP contribution in [0, 0.1) is 0 Å². The van der Waals surface area contributed by atoms with Crippen LogP contribution in [0.4, 0.5) is 11.6 Å². The van der Waals surface area contributed by atoms with E-state index < -0.39 is 0 Å². The maximum Gasteiger partial charge on any atom is 0.204 e. The van der Waals surface area contributed by atoms with Gasteiger partial charge in [-0.2, -0.15) is 0 Å². The Hall–Kier alpha value is -1.56. The van der Waals surface area contributed by atoms with Gasteiger partial charge in [0, 0.05) is 20.1 Å². The minimum atomic E-state index is -0.325. The molecular weight excluding hydrogens is 232 g/mol. The Balaban J connectivity index is 2.89. The molecule has 0 aliphatic carbocycles. The Labute approximate surface area is 108 Å². The molecule has 0 saturated carbocycles. The van der Waals surface area contributed by atoms with Crippen molar-refractivity contribution in [2.75, 3.05) is 37.5 Å². The van der Waals surface area contributed by atoms with Gasteiger partial charge in [0.25, 0.3) is 0 Å². The molecule has 0 aliphatic rings. The lowest BCUT2D eigenvalue weighted by Gasteiger charge is -2.22. The highest BCUT2D eigenvalue weighted by molar-refractivity contribution is 5.64. The number of aliphatic hydroxyl groups is 1. The van der Waals surface area contributed by atoms with Crippen LogP contribution in [0.3, 0.4) is 0 Å². The lowest BCUT2D eigenvalue weighted by molar-refractivity contribution is 0.186. The molecule has 102 valence electrons. The SMILES string of the molecule is CCNc1ncnc(N(C)CCC(C)O)c1OC. The second-order valence-corrected chi connectivity index (χ2v) is 4.17. The first-order valence-corrected chi connectivity index (χ1v) is 6.12. The molecule has 0 amide bonds. The second-order valence-electron chi connectivity index (χ2n) is 4.17. The van der Waals surface area contributed by atoms with Gasteiger partial charge < -0.3 is 20.1 Å². The summed E-state index contributed by atoms with van der Waals surface area (Å²) in [5.41, 5.74) is 0. The van der Waals surface area contributed by atoms with Crippen LogP contribution in [0.5, 0.6) is 5.75 Å². The molecule has 1 unspecified atom stereocenters. The number of nitrogens with zero attached hydrogens (tertiary/aromatic N) is 3. The van der Waals surface area contributed by atoms with Gasteiger partial charge in [0.2, 0.25) is 5.75 Å². The van der Waals surface area contributed by atoms with Gasteiger partial charge in [-0.1, -0.05) is 0 Å². The molecule has 0 saturated heterocycles. The fourth-order valence-corrected chi connectivity index (χ4v) is 1.60. The molecule has 0 bridgehead atoms. The molecule has 0 radical (unpaired) electrons. The third kappa shape index (κ3) is 3.73. The molecule has 1 heterocycles. The average molecular weight is 254 g/mol. The fraction of sp³-hybridized carbons (Fsp3) is 0.667. The predicted octanol–water partition coefficient (Wildman–Crippen LogP) is 1.12. The van der Waals surface area contributed by atoms with Crippen molar-refractivity contribution in [1.82, 2.24) is 9.97 Å². The van der Waals surface area contributed by atoms with Gasteiger partial charge in [0.05, 0.1) is 13.2 Å². The zero-order chi connectivity index (χ0) is 13.5. The van der Waals surface area contributed by atoms with E-state index in [0.717, 1.165) is 12.4 Å². The van der Waals surface area contributed by atoms with Gasteiger partial charge in [-0.15, -0.1) is 0 Å². The molecule has 6 heteroatoms. The lowest BCUT2D eigenvalue weighted by Crippen LogP contribution is -2.23. The highest BCUT2D eigenvalue weighted by Gasteiger charge is 2.15. The summed E-state index contributed by atoms with van der Waals surface area (Å²) >= 11 is 0. The van der Waals surface area contributed by atoms with E-state index in [0.29, 0.717) is 24.5 Å². The van der Waals surface area contributed by atoms with Crippen LogP contribution >= 0.6 is 0 Å². The molecular formula is C12H22N4O2. The number of anilines is 2. The van der Waals surface area contributed by atoms with Crippen molar-refractivity contribution in [2.24, 2.45) is 0 Å². The predicted molar refractivity (Wildman–Crippen MR) is 72.3 cm³/mol. The van der Waals surface area contributed by atoms with Gasteiger partial charge in [-0.3, -0.25) is 0 Å². The van der Waals surface area contributed by atoms with Gasteiger partial charge in [0.1, 0.15) is 6.33 Å². The summed E-state index contributed by atoms with van der Waals surface area (Å²) in [6, 6.07) is 0. The van der Waals surface area contributed by atoms with E-state index in [1.807, 2.05) is 18.9 Å². The quantitative estimate of drug-likeness (QED) is 0.760. The molecule has 1 atom stereocenters. The largest absolute Gasteiger partial charge is 0.490 e. The van der Waals surface area contributed by atoms with Crippen LogP contribution < -0.4 is 15.0 Å². The van der Waals surface area contributed by atoms with Crippen molar-refractivity contribution in [3.05, 3.63) is 6.33 Å². The van der Waals surface area contributed by atoms with Gasteiger partial charge >= 0.3 is 0 Å². The van der Waals surface area contributed by atoms with Crippen LogP contribution in [0.15, 0.2) is 6.33 Å². The summed E-state index contributed by atoms with van der Waals surface area (Å²) in [6.45, 7) is 5.24. The Morgan fingerprint density at radius 2 is 2.22 bits per heavy atom. The van der Waals surface area contributed by atoms with Crippen molar-refractivity contribution >= 4 is 11.6 Å². The van der Waals surface area contributed by atoms with E-state index in [2.05, 4.69) is 15.3 Å².